The van der Waals surface area contributed by atoms with E-state index in [1.807, 2.05) is 6.07 Å². The number of benzene rings is 2. The van der Waals surface area contributed by atoms with Crippen molar-refractivity contribution in [1.29, 1.82) is 0 Å². The third-order valence-electron chi connectivity index (χ3n) is 7.09. The van der Waals surface area contributed by atoms with E-state index in [2.05, 4.69) is 20.9 Å². The number of phenolic OH excluding ortho intramolecular Hbond substituents is 1. The molecule has 1 saturated carbocycles. The Morgan fingerprint density at radius 1 is 1.03 bits per heavy atom. The topological polar surface area (TPSA) is 93.7 Å². The van der Waals surface area contributed by atoms with Crippen molar-refractivity contribution >= 4 is 29.0 Å². The van der Waals surface area contributed by atoms with Gasteiger partial charge in [0.2, 0.25) is 5.91 Å². The molecule has 0 heterocycles. The highest BCUT2D eigenvalue weighted by atomic mass is 32.2. The smallest absolute Gasteiger partial charge is 0.224 e. The number of nitrogens with one attached hydrogen (secondary N) is 3. The van der Waals surface area contributed by atoms with Gasteiger partial charge in [-0.05, 0) is 68.1 Å². The van der Waals surface area contributed by atoms with Crippen molar-refractivity contribution in [2.45, 2.75) is 62.3 Å². The summed E-state index contributed by atoms with van der Waals surface area (Å²) < 4.78 is 13.1. The molecule has 1 aliphatic carbocycles. The maximum atomic E-state index is 13.2. The van der Waals surface area contributed by atoms with Gasteiger partial charge in [-0.15, -0.1) is 0 Å². The highest BCUT2D eigenvalue weighted by molar-refractivity contribution is 8.12. The zero-order valence-corrected chi connectivity index (χ0v) is 23.1. The number of carbonyl (C=O) groups is 2. The number of halogens is 1. The molecule has 7 nitrogen and oxygen atoms in total. The van der Waals surface area contributed by atoms with Crippen LogP contribution in [-0.4, -0.2) is 67.3 Å². The SMILES string of the molecule is CNc1c(O)ccc(CCNCCN(C(=O)CCNCCc2ccc(F)cc2)C2CCCCC2)c1SC=O. The largest absolute Gasteiger partial charge is 0.506 e. The summed E-state index contributed by atoms with van der Waals surface area (Å²) >= 11 is 1.06. The number of anilines is 1. The minimum absolute atomic E-state index is 0.125. The van der Waals surface area contributed by atoms with E-state index in [0.717, 1.165) is 59.2 Å². The molecule has 3 rings (SSSR count). The first-order valence-corrected chi connectivity index (χ1v) is 14.5. The summed E-state index contributed by atoms with van der Waals surface area (Å²) in [5, 5.41) is 19.9. The molecule has 0 unspecified atom stereocenters. The second-order valence-electron chi connectivity index (χ2n) is 9.67. The Morgan fingerprint density at radius 3 is 2.45 bits per heavy atom. The van der Waals surface area contributed by atoms with E-state index in [4.69, 9.17) is 0 Å². The number of nitrogens with zero attached hydrogens (tertiary/aromatic N) is 1. The number of thioether (sulfide) groups is 1. The number of hydrogen-bond donors (Lipinski definition) is 4. The molecule has 1 amide bonds. The molecule has 2 aromatic rings. The Kier molecular flexibility index (Phi) is 12.9. The van der Waals surface area contributed by atoms with Crippen molar-refractivity contribution in [3.8, 4) is 5.75 Å². The van der Waals surface area contributed by atoms with Gasteiger partial charge in [-0.25, -0.2) is 4.39 Å². The van der Waals surface area contributed by atoms with Gasteiger partial charge >= 0.3 is 0 Å². The van der Waals surface area contributed by atoms with Crippen molar-refractivity contribution in [3.05, 3.63) is 53.3 Å². The van der Waals surface area contributed by atoms with Crippen molar-refractivity contribution in [2.75, 3.05) is 45.1 Å². The number of carbonyl (C=O) groups excluding carboxylic acids is 2. The van der Waals surface area contributed by atoms with Crippen molar-refractivity contribution in [3.63, 3.8) is 0 Å². The molecular formula is C29H41FN4O3S. The summed E-state index contributed by atoms with van der Waals surface area (Å²) in [6.07, 6.45) is 7.69. The van der Waals surface area contributed by atoms with Crippen molar-refractivity contribution in [2.24, 2.45) is 0 Å². The number of phenols is 1. The van der Waals surface area contributed by atoms with E-state index in [1.54, 1.807) is 25.2 Å². The molecule has 2 aromatic carbocycles. The van der Waals surface area contributed by atoms with Gasteiger partial charge in [0.1, 0.15) is 11.6 Å². The van der Waals surface area contributed by atoms with Gasteiger partial charge in [0, 0.05) is 44.0 Å². The average molecular weight is 545 g/mol. The highest BCUT2D eigenvalue weighted by Crippen LogP contribution is 2.36. The molecule has 1 fully saturated rings. The van der Waals surface area contributed by atoms with Crippen LogP contribution in [0, 0.1) is 5.82 Å². The van der Waals surface area contributed by atoms with Gasteiger partial charge < -0.3 is 26.0 Å². The molecular weight excluding hydrogens is 503 g/mol. The third kappa shape index (κ3) is 9.29. The van der Waals surface area contributed by atoms with Crippen LogP contribution in [0.2, 0.25) is 0 Å². The maximum Gasteiger partial charge on any atom is 0.224 e. The molecule has 0 aromatic heterocycles. The van der Waals surface area contributed by atoms with Gasteiger partial charge in [0.05, 0.1) is 5.69 Å². The van der Waals surface area contributed by atoms with Crippen LogP contribution in [0.15, 0.2) is 41.3 Å². The van der Waals surface area contributed by atoms with Gasteiger partial charge in [0.25, 0.3) is 0 Å². The van der Waals surface area contributed by atoms with Crippen LogP contribution < -0.4 is 16.0 Å². The lowest BCUT2D eigenvalue weighted by molar-refractivity contribution is -0.134. The Balaban J connectivity index is 1.44. The number of amides is 1. The Morgan fingerprint density at radius 2 is 1.74 bits per heavy atom. The summed E-state index contributed by atoms with van der Waals surface area (Å²) in [5.74, 6) is 0.0875. The summed E-state index contributed by atoms with van der Waals surface area (Å²) in [5.41, 5.74) is 3.41. The Hall–Kier alpha value is -2.62. The van der Waals surface area contributed by atoms with E-state index < -0.39 is 0 Å². The van der Waals surface area contributed by atoms with Crippen LogP contribution in [0.5, 0.6) is 5.75 Å². The predicted octanol–water partition coefficient (Wildman–Crippen LogP) is 4.37. The molecule has 0 spiro atoms. The second-order valence-corrected chi connectivity index (χ2v) is 10.5. The summed E-state index contributed by atoms with van der Waals surface area (Å²) in [7, 11) is 1.73. The fraction of sp³-hybridized carbons (Fsp3) is 0.517. The van der Waals surface area contributed by atoms with E-state index in [9.17, 15) is 19.1 Å². The molecule has 208 valence electrons. The maximum absolute atomic E-state index is 13.2. The fourth-order valence-corrected chi connectivity index (χ4v) is 5.78. The van der Waals surface area contributed by atoms with Crippen LogP contribution in [0.4, 0.5) is 10.1 Å². The summed E-state index contributed by atoms with van der Waals surface area (Å²) in [4.78, 5) is 27.1. The zero-order valence-electron chi connectivity index (χ0n) is 22.3. The molecule has 0 saturated heterocycles. The van der Waals surface area contributed by atoms with Crippen LogP contribution in [-0.2, 0) is 22.4 Å². The molecule has 9 heteroatoms. The monoisotopic (exact) mass is 544 g/mol. The quantitative estimate of drug-likeness (QED) is 0.108. The normalized spacial score (nSPS) is 13.8. The van der Waals surface area contributed by atoms with Crippen molar-refractivity contribution in [1.82, 2.24) is 15.5 Å². The van der Waals surface area contributed by atoms with Crippen LogP contribution in [0.3, 0.4) is 0 Å². The minimum Gasteiger partial charge on any atom is -0.506 e. The van der Waals surface area contributed by atoms with Crippen molar-refractivity contribution < 1.29 is 19.1 Å². The molecule has 1 aliphatic rings. The first-order valence-electron chi connectivity index (χ1n) is 13.6. The lowest BCUT2D eigenvalue weighted by Crippen LogP contribution is -2.45. The first kappa shape index (κ1) is 29.9. The van der Waals surface area contributed by atoms with Gasteiger partial charge in [-0.3, -0.25) is 9.59 Å². The summed E-state index contributed by atoms with van der Waals surface area (Å²) in [6, 6.07) is 10.3. The molecule has 0 atom stereocenters. The zero-order chi connectivity index (χ0) is 27.2. The number of aromatic hydroxyl groups is 1. The Labute approximate surface area is 230 Å². The highest BCUT2D eigenvalue weighted by Gasteiger charge is 2.24. The van der Waals surface area contributed by atoms with Crippen LogP contribution in [0.25, 0.3) is 0 Å². The molecule has 0 bridgehead atoms. The summed E-state index contributed by atoms with van der Waals surface area (Å²) in [6.45, 7) is 3.46. The second kappa shape index (κ2) is 16.4. The standard InChI is InChI=1S/C29H41FN4O3S/c1-31-28-26(36)12-9-23(29(28)38-21-35)14-17-33-19-20-34(25-5-3-2-4-6-25)27(37)15-18-32-16-13-22-7-10-24(30)11-8-22/h7-12,21,25,31-33,36H,2-6,13-20H2,1H3. The molecule has 0 radical (unpaired) electrons. The van der Waals surface area contributed by atoms with E-state index in [-0.39, 0.29) is 17.5 Å². The van der Waals surface area contributed by atoms with E-state index in [1.165, 1.54) is 31.4 Å². The van der Waals surface area contributed by atoms with E-state index in [0.29, 0.717) is 50.7 Å². The molecule has 38 heavy (non-hydrogen) atoms. The van der Waals surface area contributed by atoms with E-state index >= 15 is 0 Å². The molecule has 0 aliphatic heterocycles. The Bertz CT molecular complexity index is 1020. The number of rotatable bonds is 16. The average Bonchev–Trinajstić information content (AvgIpc) is 2.93. The number of hydrogen-bond acceptors (Lipinski definition) is 7. The lowest BCUT2D eigenvalue weighted by atomic mass is 9.94. The van der Waals surface area contributed by atoms with Crippen LogP contribution in [0.1, 0.15) is 49.7 Å². The predicted molar refractivity (Wildman–Crippen MR) is 153 cm³/mol. The van der Waals surface area contributed by atoms with Crippen LogP contribution >= 0.6 is 11.8 Å². The van der Waals surface area contributed by atoms with Gasteiger partial charge in [-0.1, -0.05) is 49.2 Å². The lowest BCUT2D eigenvalue weighted by Gasteiger charge is -2.34. The van der Waals surface area contributed by atoms with Gasteiger partial charge in [-0.2, -0.15) is 0 Å². The van der Waals surface area contributed by atoms with Gasteiger partial charge in [0.15, 0.2) is 5.62 Å². The molecule has 4 N–H and O–H groups in total. The third-order valence-corrected chi connectivity index (χ3v) is 7.89. The first-order chi connectivity index (χ1) is 18.5. The fourth-order valence-electron chi connectivity index (χ4n) is 5.04. The minimum atomic E-state index is -0.227.